The smallest absolute Gasteiger partial charge is 0.223 e. The second-order valence-corrected chi connectivity index (χ2v) is 5.77. The van der Waals surface area contributed by atoms with Gasteiger partial charge in [-0.3, -0.25) is 0 Å². The minimum absolute atomic E-state index is 0.398. The second kappa shape index (κ2) is 8.32. The highest BCUT2D eigenvalue weighted by Gasteiger charge is 2.03. The summed E-state index contributed by atoms with van der Waals surface area (Å²) in [6, 6.07) is 10.6. The fraction of sp³-hybridized carbons (Fsp3) is 0.389. The predicted octanol–water partition coefficient (Wildman–Crippen LogP) is 2.48. The van der Waals surface area contributed by atoms with Gasteiger partial charge in [-0.2, -0.15) is 4.98 Å². The lowest BCUT2D eigenvalue weighted by Crippen LogP contribution is -2.38. The van der Waals surface area contributed by atoms with E-state index in [2.05, 4.69) is 66.9 Å². The van der Waals surface area contributed by atoms with Crippen molar-refractivity contribution in [3.05, 3.63) is 48.2 Å². The Bertz CT molecular complexity index is 835. The van der Waals surface area contributed by atoms with Crippen LogP contribution in [-0.4, -0.2) is 33.8 Å². The van der Waals surface area contributed by atoms with E-state index in [1.807, 2.05) is 6.92 Å². The van der Waals surface area contributed by atoms with E-state index in [4.69, 9.17) is 4.52 Å². The minimum atomic E-state index is 0.398. The van der Waals surface area contributed by atoms with Crippen molar-refractivity contribution in [3.8, 4) is 0 Å². The Balaban J connectivity index is 1.49. The molecule has 0 saturated carbocycles. The quantitative estimate of drug-likeness (QED) is 0.392. The van der Waals surface area contributed by atoms with Gasteiger partial charge < -0.3 is 19.7 Å². The van der Waals surface area contributed by atoms with Crippen molar-refractivity contribution in [1.29, 1.82) is 0 Å². The van der Waals surface area contributed by atoms with Crippen molar-refractivity contribution < 1.29 is 4.52 Å². The number of nitrogens with one attached hydrogen (secondary N) is 2. The minimum Gasteiger partial charge on any atom is -0.357 e. The van der Waals surface area contributed by atoms with E-state index in [0.29, 0.717) is 18.3 Å². The van der Waals surface area contributed by atoms with Crippen LogP contribution in [0, 0.1) is 6.92 Å². The van der Waals surface area contributed by atoms with Crippen molar-refractivity contribution in [3.63, 3.8) is 0 Å². The Labute approximate surface area is 147 Å². The van der Waals surface area contributed by atoms with Crippen LogP contribution in [-0.2, 0) is 13.1 Å². The van der Waals surface area contributed by atoms with E-state index < -0.39 is 0 Å². The third-order valence-electron chi connectivity index (χ3n) is 3.84. The Morgan fingerprint density at radius 1 is 1.24 bits per heavy atom. The van der Waals surface area contributed by atoms with Crippen LogP contribution in [0.5, 0.6) is 0 Å². The first-order chi connectivity index (χ1) is 12.3. The Morgan fingerprint density at radius 3 is 2.92 bits per heavy atom. The molecule has 25 heavy (non-hydrogen) atoms. The molecule has 2 heterocycles. The first-order valence-electron chi connectivity index (χ1n) is 8.61. The topological polar surface area (TPSA) is 80.3 Å². The molecule has 0 unspecified atom stereocenters. The van der Waals surface area contributed by atoms with E-state index in [1.54, 1.807) is 6.92 Å². The Kier molecular flexibility index (Phi) is 5.66. The summed E-state index contributed by atoms with van der Waals surface area (Å²) < 4.78 is 7.24. The highest BCUT2D eigenvalue weighted by molar-refractivity contribution is 5.80. The van der Waals surface area contributed by atoms with E-state index in [1.165, 1.54) is 10.9 Å². The van der Waals surface area contributed by atoms with Gasteiger partial charge >= 0.3 is 0 Å². The third kappa shape index (κ3) is 4.59. The van der Waals surface area contributed by atoms with Crippen molar-refractivity contribution in [1.82, 2.24) is 25.3 Å². The summed E-state index contributed by atoms with van der Waals surface area (Å²) >= 11 is 0. The molecule has 7 nitrogen and oxygen atoms in total. The van der Waals surface area contributed by atoms with Gasteiger partial charge in [0.1, 0.15) is 6.54 Å². The number of hydrogen-bond donors (Lipinski definition) is 2. The zero-order valence-corrected chi connectivity index (χ0v) is 14.7. The molecule has 3 rings (SSSR count). The first kappa shape index (κ1) is 17.0. The summed E-state index contributed by atoms with van der Waals surface area (Å²) in [5, 5.41) is 11.7. The first-order valence-corrected chi connectivity index (χ1v) is 8.61. The molecule has 3 aromatic rings. The van der Waals surface area contributed by atoms with Gasteiger partial charge in [0.05, 0.1) is 0 Å². The number of aromatic nitrogens is 3. The average molecular weight is 340 g/mol. The van der Waals surface area contributed by atoms with Crippen LogP contribution in [0.1, 0.15) is 25.1 Å². The van der Waals surface area contributed by atoms with Gasteiger partial charge in [-0.05, 0) is 30.9 Å². The molecule has 2 aromatic heterocycles. The second-order valence-electron chi connectivity index (χ2n) is 5.77. The number of aryl methyl sites for hydroxylation is 2. The molecular weight excluding hydrogens is 316 g/mol. The number of benzene rings is 1. The van der Waals surface area contributed by atoms with E-state index >= 15 is 0 Å². The Morgan fingerprint density at radius 2 is 2.12 bits per heavy atom. The number of fused-ring (bicyclic) bond motifs is 1. The van der Waals surface area contributed by atoms with Gasteiger partial charge in [0.25, 0.3) is 0 Å². The average Bonchev–Trinajstić information content (AvgIpc) is 3.22. The standard InChI is InChI=1S/C18H24N6O/c1-3-19-18(21-13-17-22-14(2)25-23-17)20-10-6-11-24-12-9-15-7-4-5-8-16(15)24/h4-5,7-9,12H,3,6,10-11,13H2,1-2H3,(H2,19,20,21). The molecular formula is C18H24N6O. The van der Waals surface area contributed by atoms with Crippen LogP contribution >= 0.6 is 0 Å². The molecule has 132 valence electrons. The lowest BCUT2D eigenvalue weighted by molar-refractivity contribution is 0.387. The van der Waals surface area contributed by atoms with Crippen molar-refractivity contribution >= 4 is 16.9 Å². The third-order valence-corrected chi connectivity index (χ3v) is 3.84. The largest absolute Gasteiger partial charge is 0.357 e. The summed E-state index contributed by atoms with van der Waals surface area (Å²) in [5.41, 5.74) is 1.27. The summed E-state index contributed by atoms with van der Waals surface area (Å²) in [4.78, 5) is 8.64. The van der Waals surface area contributed by atoms with Gasteiger partial charge in [-0.15, -0.1) is 0 Å². The molecule has 1 aromatic carbocycles. The highest BCUT2D eigenvalue weighted by atomic mass is 16.5. The van der Waals surface area contributed by atoms with Crippen LogP contribution in [0.4, 0.5) is 0 Å². The monoisotopic (exact) mass is 340 g/mol. The molecule has 0 amide bonds. The molecule has 0 fully saturated rings. The molecule has 0 aliphatic carbocycles. The van der Waals surface area contributed by atoms with Gasteiger partial charge in [-0.1, -0.05) is 23.4 Å². The summed E-state index contributed by atoms with van der Waals surface area (Å²) in [6.45, 7) is 6.82. The number of aliphatic imine (C=N–C) groups is 1. The molecule has 7 heteroatoms. The number of rotatable bonds is 7. The lowest BCUT2D eigenvalue weighted by atomic mass is 10.2. The molecule has 0 bridgehead atoms. The summed E-state index contributed by atoms with van der Waals surface area (Å²) in [6.07, 6.45) is 3.15. The van der Waals surface area contributed by atoms with Gasteiger partial charge in [0, 0.05) is 38.3 Å². The van der Waals surface area contributed by atoms with Crippen molar-refractivity contribution in [2.45, 2.75) is 33.4 Å². The zero-order chi connectivity index (χ0) is 17.5. The molecule has 0 atom stereocenters. The van der Waals surface area contributed by atoms with Crippen molar-refractivity contribution in [2.24, 2.45) is 4.99 Å². The van der Waals surface area contributed by atoms with E-state index in [-0.39, 0.29) is 0 Å². The lowest BCUT2D eigenvalue weighted by Gasteiger charge is -2.11. The van der Waals surface area contributed by atoms with Crippen molar-refractivity contribution in [2.75, 3.05) is 13.1 Å². The van der Waals surface area contributed by atoms with Crippen LogP contribution in [0.3, 0.4) is 0 Å². The fourth-order valence-corrected chi connectivity index (χ4v) is 2.69. The number of guanidine groups is 1. The molecule has 0 aliphatic rings. The molecule has 0 spiro atoms. The Hall–Kier alpha value is -2.83. The number of nitrogens with zero attached hydrogens (tertiary/aromatic N) is 4. The van der Waals surface area contributed by atoms with E-state index in [9.17, 15) is 0 Å². The zero-order valence-electron chi connectivity index (χ0n) is 14.7. The number of para-hydroxylation sites is 1. The van der Waals surface area contributed by atoms with Crippen LogP contribution < -0.4 is 10.6 Å². The summed E-state index contributed by atoms with van der Waals surface area (Å²) in [5.74, 6) is 1.91. The predicted molar refractivity (Wildman–Crippen MR) is 98.4 cm³/mol. The van der Waals surface area contributed by atoms with Crippen LogP contribution in [0.2, 0.25) is 0 Å². The SMILES string of the molecule is CCNC(=NCc1noc(C)n1)NCCCn1ccc2ccccc21. The normalized spacial score (nSPS) is 11.8. The maximum absolute atomic E-state index is 4.96. The fourth-order valence-electron chi connectivity index (χ4n) is 2.69. The maximum atomic E-state index is 4.96. The number of hydrogen-bond acceptors (Lipinski definition) is 4. The molecule has 0 saturated heterocycles. The maximum Gasteiger partial charge on any atom is 0.223 e. The van der Waals surface area contributed by atoms with Crippen LogP contribution in [0.15, 0.2) is 46.0 Å². The van der Waals surface area contributed by atoms with E-state index in [0.717, 1.165) is 32.0 Å². The molecule has 2 N–H and O–H groups in total. The van der Waals surface area contributed by atoms with Crippen LogP contribution in [0.25, 0.3) is 10.9 Å². The highest BCUT2D eigenvalue weighted by Crippen LogP contribution is 2.15. The summed E-state index contributed by atoms with van der Waals surface area (Å²) in [7, 11) is 0. The van der Waals surface area contributed by atoms with Gasteiger partial charge in [-0.25, -0.2) is 4.99 Å². The molecule has 0 radical (unpaired) electrons. The molecule has 0 aliphatic heterocycles. The van der Waals surface area contributed by atoms with Gasteiger partial charge in [0.2, 0.25) is 5.89 Å². The van der Waals surface area contributed by atoms with Gasteiger partial charge in [0.15, 0.2) is 11.8 Å².